The van der Waals surface area contributed by atoms with E-state index >= 15 is 0 Å². The Kier molecular flexibility index (Phi) is 4.54. The van der Waals surface area contributed by atoms with Crippen LogP contribution in [0.25, 0.3) is 0 Å². The minimum atomic E-state index is -3.32. The minimum Gasteiger partial charge on any atom is -0.389 e. The Morgan fingerprint density at radius 3 is 2.68 bits per heavy atom. The van der Waals surface area contributed by atoms with Gasteiger partial charge in [-0.15, -0.1) is 0 Å². The van der Waals surface area contributed by atoms with Gasteiger partial charge in [-0.2, -0.15) is 0 Å². The molecule has 2 rings (SSSR count). The fourth-order valence-electron chi connectivity index (χ4n) is 1.97. The van der Waals surface area contributed by atoms with Gasteiger partial charge >= 0.3 is 0 Å². The molecule has 0 aliphatic heterocycles. The summed E-state index contributed by atoms with van der Waals surface area (Å²) in [4.78, 5) is 0.226. The molecule has 0 amide bonds. The van der Waals surface area contributed by atoms with Gasteiger partial charge in [0.05, 0.1) is 5.75 Å². The van der Waals surface area contributed by atoms with Gasteiger partial charge in [-0.1, -0.05) is 49.3 Å². The molecule has 0 atom stereocenters. The third-order valence-corrected chi connectivity index (χ3v) is 4.75. The van der Waals surface area contributed by atoms with Crippen LogP contribution in [-0.4, -0.2) is 20.0 Å². The van der Waals surface area contributed by atoms with E-state index in [1.807, 2.05) is 0 Å². The summed E-state index contributed by atoms with van der Waals surface area (Å²) in [6, 6.07) is 7.08. The average Bonchev–Trinajstić information content (AvgIpc) is 3.12. The van der Waals surface area contributed by atoms with E-state index in [0.717, 1.165) is 6.42 Å². The first-order chi connectivity index (χ1) is 8.98. The van der Waals surface area contributed by atoms with Crippen LogP contribution < -0.4 is 10.5 Å². The largest absolute Gasteiger partial charge is 0.389 e. The third kappa shape index (κ3) is 4.56. The Bertz CT molecular complexity index is 566. The van der Waals surface area contributed by atoms with Crippen LogP contribution in [0.2, 0.25) is 0 Å². The van der Waals surface area contributed by atoms with Crippen LogP contribution in [0.5, 0.6) is 0 Å². The third-order valence-electron chi connectivity index (χ3n) is 3.20. The first-order valence-electron chi connectivity index (χ1n) is 6.33. The summed E-state index contributed by atoms with van der Waals surface area (Å²) in [5.74, 6) is 0.636. The smallest absolute Gasteiger partial charge is 0.215 e. The first-order valence-corrected chi connectivity index (χ1v) is 8.39. The maximum absolute atomic E-state index is 12.0. The average molecular weight is 298 g/mol. The van der Waals surface area contributed by atoms with E-state index in [2.05, 4.69) is 4.72 Å². The maximum atomic E-state index is 12.0. The van der Waals surface area contributed by atoms with Crippen LogP contribution in [0.1, 0.15) is 30.4 Å². The van der Waals surface area contributed by atoms with E-state index in [4.69, 9.17) is 18.0 Å². The second-order valence-corrected chi connectivity index (χ2v) is 7.15. The van der Waals surface area contributed by atoms with Gasteiger partial charge < -0.3 is 5.73 Å². The molecule has 1 aliphatic carbocycles. The Balaban J connectivity index is 2.00. The van der Waals surface area contributed by atoms with Crippen LogP contribution >= 0.6 is 12.2 Å². The second kappa shape index (κ2) is 5.98. The van der Waals surface area contributed by atoms with Gasteiger partial charge in [0, 0.05) is 12.1 Å². The molecule has 104 valence electrons. The van der Waals surface area contributed by atoms with Crippen molar-refractivity contribution in [2.24, 2.45) is 11.7 Å². The zero-order valence-electron chi connectivity index (χ0n) is 10.6. The summed E-state index contributed by atoms with van der Waals surface area (Å²) in [7, 11) is -3.32. The fourth-order valence-corrected chi connectivity index (χ4v) is 3.36. The van der Waals surface area contributed by atoms with Crippen molar-refractivity contribution in [3.63, 3.8) is 0 Å². The van der Waals surface area contributed by atoms with Crippen LogP contribution in [-0.2, 0) is 15.8 Å². The van der Waals surface area contributed by atoms with Gasteiger partial charge in [-0.25, -0.2) is 13.1 Å². The van der Waals surface area contributed by atoms with Gasteiger partial charge in [0.15, 0.2) is 0 Å². The summed E-state index contributed by atoms with van der Waals surface area (Å²) in [5, 5.41) is 0. The zero-order chi connectivity index (χ0) is 13.9. The van der Waals surface area contributed by atoms with E-state index < -0.39 is 10.0 Å². The van der Waals surface area contributed by atoms with Gasteiger partial charge in [0.1, 0.15) is 4.99 Å². The van der Waals surface area contributed by atoms with Gasteiger partial charge in [0.25, 0.3) is 0 Å². The minimum absolute atomic E-state index is 0.0782. The van der Waals surface area contributed by atoms with Crippen molar-refractivity contribution in [3.8, 4) is 0 Å². The number of rotatable bonds is 7. The number of thiocarbonyl (C=S) groups is 1. The highest BCUT2D eigenvalue weighted by Crippen LogP contribution is 2.31. The molecular formula is C13H18N2O2S2. The standard InChI is InChI=1S/C13H18N2O2S2/c14-13(18)12-4-2-1-3-11(12)9-19(16,17)15-8-7-10-5-6-10/h1-4,10,15H,5-9H2,(H2,14,18). The Hall–Kier alpha value is -0.980. The summed E-state index contributed by atoms with van der Waals surface area (Å²) < 4.78 is 26.6. The Morgan fingerprint density at radius 1 is 1.37 bits per heavy atom. The molecule has 0 bridgehead atoms. The predicted molar refractivity (Wildman–Crippen MR) is 80.3 cm³/mol. The van der Waals surface area contributed by atoms with Crippen molar-refractivity contribution in [2.45, 2.75) is 25.0 Å². The predicted octanol–water partition coefficient (Wildman–Crippen LogP) is 1.54. The summed E-state index contributed by atoms with van der Waals surface area (Å²) in [5.41, 5.74) is 6.87. The molecule has 1 fully saturated rings. The molecule has 1 aromatic carbocycles. The molecule has 0 saturated heterocycles. The molecule has 4 nitrogen and oxygen atoms in total. The normalized spacial score (nSPS) is 15.4. The lowest BCUT2D eigenvalue weighted by molar-refractivity contribution is 0.574. The lowest BCUT2D eigenvalue weighted by Gasteiger charge is -2.10. The molecule has 0 spiro atoms. The van der Waals surface area contributed by atoms with E-state index in [1.54, 1.807) is 24.3 Å². The second-order valence-electron chi connectivity index (χ2n) is 4.91. The Labute approximate surface area is 119 Å². The fraction of sp³-hybridized carbons (Fsp3) is 0.462. The number of hydrogen-bond acceptors (Lipinski definition) is 3. The highest BCUT2D eigenvalue weighted by Gasteiger charge is 2.22. The number of hydrogen-bond donors (Lipinski definition) is 2. The number of nitrogens with one attached hydrogen (secondary N) is 1. The summed E-state index contributed by atoms with van der Waals surface area (Å²) in [6.07, 6.45) is 3.38. The van der Waals surface area contributed by atoms with Gasteiger partial charge in [-0.3, -0.25) is 0 Å². The molecule has 19 heavy (non-hydrogen) atoms. The van der Waals surface area contributed by atoms with E-state index in [0.29, 0.717) is 23.6 Å². The van der Waals surface area contributed by atoms with Crippen LogP contribution in [0.15, 0.2) is 24.3 Å². The highest BCUT2D eigenvalue weighted by atomic mass is 32.2. The molecule has 3 N–H and O–H groups in total. The van der Waals surface area contributed by atoms with Crippen LogP contribution in [0, 0.1) is 5.92 Å². The zero-order valence-corrected chi connectivity index (χ0v) is 12.3. The van der Waals surface area contributed by atoms with Crippen LogP contribution in [0.4, 0.5) is 0 Å². The van der Waals surface area contributed by atoms with Crippen LogP contribution in [0.3, 0.4) is 0 Å². The molecule has 0 unspecified atom stereocenters. The molecule has 0 radical (unpaired) electrons. The molecule has 0 heterocycles. The quantitative estimate of drug-likeness (QED) is 0.749. The highest BCUT2D eigenvalue weighted by molar-refractivity contribution is 7.88. The first kappa shape index (κ1) is 14.4. The van der Waals surface area contributed by atoms with Crippen molar-refractivity contribution in [1.29, 1.82) is 0 Å². The number of sulfonamides is 1. The molecular weight excluding hydrogens is 280 g/mol. The van der Waals surface area contributed by atoms with Crippen molar-refractivity contribution in [1.82, 2.24) is 4.72 Å². The van der Waals surface area contributed by atoms with Gasteiger partial charge in [-0.05, 0) is 17.9 Å². The molecule has 1 aromatic rings. The summed E-state index contributed by atoms with van der Waals surface area (Å²) >= 11 is 4.93. The molecule has 0 aromatic heterocycles. The molecule has 1 aliphatic rings. The monoisotopic (exact) mass is 298 g/mol. The maximum Gasteiger partial charge on any atom is 0.215 e. The molecule has 1 saturated carbocycles. The van der Waals surface area contributed by atoms with Gasteiger partial charge in [0.2, 0.25) is 10.0 Å². The number of benzene rings is 1. The topological polar surface area (TPSA) is 72.2 Å². The van der Waals surface area contributed by atoms with Crippen molar-refractivity contribution in [3.05, 3.63) is 35.4 Å². The SMILES string of the molecule is NC(=S)c1ccccc1CS(=O)(=O)NCCC1CC1. The lowest BCUT2D eigenvalue weighted by atomic mass is 10.1. The van der Waals surface area contributed by atoms with E-state index in [9.17, 15) is 8.42 Å². The number of nitrogens with two attached hydrogens (primary N) is 1. The van der Waals surface area contributed by atoms with Crippen molar-refractivity contribution < 1.29 is 8.42 Å². The van der Waals surface area contributed by atoms with E-state index in [-0.39, 0.29) is 10.7 Å². The van der Waals surface area contributed by atoms with Crippen molar-refractivity contribution in [2.75, 3.05) is 6.54 Å². The van der Waals surface area contributed by atoms with E-state index in [1.165, 1.54) is 12.8 Å². The Morgan fingerprint density at radius 2 is 2.05 bits per heavy atom. The molecule has 6 heteroatoms. The lowest BCUT2D eigenvalue weighted by Crippen LogP contribution is -2.27. The van der Waals surface area contributed by atoms with Crippen molar-refractivity contribution >= 4 is 27.2 Å². The summed E-state index contributed by atoms with van der Waals surface area (Å²) in [6.45, 7) is 0.516.